The van der Waals surface area contributed by atoms with E-state index in [-0.39, 0.29) is 16.7 Å². The minimum Gasteiger partial charge on any atom is -0.410 e. The van der Waals surface area contributed by atoms with Crippen LogP contribution in [0.3, 0.4) is 0 Å². The maximum absolute atomic E-state index is 13.5. The van der Waals surface area contributed by atoms with Gasteiger partial charge in [0.1, 0.15) is 5.71 Å². The van der Waals surface area contributed by atoms with Gasteiger partial charge >= 0.3 is 0 Å². The fraction of sp³-hybridized carbons (Fsp3) is 0.292. The molecule has 33 heavy (non-hydrogen) atoms. The van der Waals surface area contributed by atoms with Crippen molar-refractivity contribution in [3.63, 3.8) is 0 Å². The van der Waals surface area contributed by atoms with Crippen molar-refractivity contribution in [2.45, 2.75) is 13.0 Å². The van der Waals surface area contributed by atoms with E-state index in [4.69, 9.17) is 0 Å². The summed E-state index contributed by atoms with van der Waals surface area (Å²) in [4.78, 5) is 12.7. The summed E-state index contributed by atoms with van der Waals surface area (Å²) in [5, 5.41) is 12.6. The van der Waals surface area contributed by atoms with Crippen molar-refractivity contribution in [1.82, 2.24) is 14.9 Å². The molecule has 0 amide bonds. The lowest BCUT2D eigenvalue weighted by molar-refractivity contribution is 0.0116. The molecule has 2 aliphatic rings. The fourth-order valence-corrected chi connectivity index (χ4v) is 4.80. The van der Waals surface area contributed by atoms with Crippen LogP contribution >= 0.6 is 0 Å². The molecule has 0 atom stereocenters. The Bertz CT molecular complexity index is 1180. The van der Waals surface area contributed by atoms with E-state index in [0.29, 0.717) is 5.69 Å². The normalized spacial score (nSPS) is 18.0. The molecule has 2 aliphatic heterocycles. The maximum Gasteiger partial charge on any atom is 0.212 e. The quantitative estimate of drug-likeness (QED) is 0.275. The zero-order chi connectivity index (χ0) is 23.0. The van der Waals surface area contributed by atoms with Crippen LogP contribution < -0.4 is 4.90 Å². The summed E-state index contributed by atoms with van der Waals surface area (Å²) in [6.07, 6.45) is 4.38. The molecular weight excluding hydrogens is 431 g/mol. The molecule has 4 heterocycles. The number of nitrogens with zero attached hydrogens (tertiary/aromatic N) is 5. The Morgan fingerprint density at radius 1 is 0.970 bits per heavy atom. The molecule has 2 saturated heterocycles. The molecule has 9 heteroatoms. The smallest absolute Gasteiger partial charge is 0.212 e. The summed E-state index contributed by atoms with van der Waals surface area (Å²) in [7, 11) is 0. The van der Waals surface area contributed by atoms with Gasteiger partial charge in [0.2, 0.25) is 5.95 Å². The lowest BCUT2D eigenvalue weighted by Crippen LogP contribution is -2.56. The minimum absolute atomic E-state index is 0.0738. The number of rotatable bonds is 5. The van der Waals surface area contributed by atoms with E-state index in [1.165, 1.54) is 12.1 Å². The first kappa shape index (κ1) is 21.4. The third kappa shape index (κ3) is 4.28. The molecular formula is C24H22F3N5O. The van der Waals surface area contributed by atoms with Gasteiger partial charge in [0, 0.05) is 49.9 Å². The Morgan fingerprint density at radius 3 is 2.48 bits per heavy atom. The van der Waals surface area contributed by atoms with E-state index < -0.39 is 17.6 Å². The Morgan fingerprint density at radius 2 is 1.82 bits per heavy atom. The van der Waals surface area contributed by atoms with Gasteiger partial charge in [-0.25, -0.2) is 13.8 Å². The second-order valence-electron chi connectivity index (χ2n) is 8.79. The van der Waals surface area contributed by atoms with E-state index in [1.54, 1.807) is 24.5 Å². The molecule has 0 unspecified atom stereocenters. The third-order valence-electron chi connectivity index (χ3n) is 6.40. The van der Waals surface area contributed by atoms with E-state index in [1.807, 2.05) is 6.07 Å². The van der Waals surface area contributed by atoms with Crippen LogP contribution in [-0.4, -0.2) is 52.0 Å². The zero-order valence-corrected chi connectivity index (χ0v) is 17.8. The minimum atomic E-state index is -1.02. The summed E-state index contributed by atoms with van der Waals surface area (Å²) in [6.45, 7) is 4.54. The summed E-state index contributed by atoms with van der Waals surface area (Å²) in [5.41, 5.74) is 2.88. The summed E-state index contributed by atoms with van der Waals surface area (Å²) in [6, 6.07) is 10.1. The number of halogens is 3. The lowest BCUT2D eigenvalue weighted by Gasteiger charge is -2.48. The molecule has 170 valence electrons. The van der Waals surface area contributed by atoms with Crippen molar-refractivity contribution in [1.29, 1.82) is 0 Å². The Hall–Kier alpha value is -3.46. The molecule has 0 radical (unpaired) electrons. The average molecular weight is 453 g/mol. The van der Waals surface area contributed by atoms with Crippen LogP contribution in [0.25, 0.3) is 0 Å². The summed E-state index contributed by atoms with van der Waals surface area (Å²) < 4.78 is 39.8. The second-order valence-corrected chi connectivity index (χ2v) is 8.79. The Labute approximate surface area is 189 Å². The largest absolute Gasteiger partial charge is 0.410 e. The molecule has 1 spiro atoms. The highest BCUT2D eigenvalue weighted by molar-refractivity contribution is 6.11. The van der Waals surface area contributed by atoms with Gasteiger partial charge in [-0.2, -0.15) is 4.39 Å². The van der Waals surface area contributed by atoms with E-state index in [2.05, 4.69) is 24.9 Å². The van der Waals surface area contributed by atoms with Gasteiger partial charge in [0.15, 0.2) is 11.6 Å². The maximum atomic E-state index is 13.5. The van der Waals surface area contributed by atoms with Crippen LogP contribution in [0.15, 0.2) is 60.0 Å². The zero-order valence-electron chi connectivity index (χ0n) is 17.8. The molecule has 2 aromatic heterocycles. The number of anilines is 1. The molecule has 5 rings (SSSR count). The molecule has 0 bridgehead atoms. The molecule has 0 aliphatic carbocycles. The first-order valence-corrected chi connectivity index (χ1v) is 10.7. The van der Waals surface area contributed by atoms with Gasteiger partial charge in [-0.15, -0.1) is 0 Å². The van der Waals surface area contributed by atoms with E-state index in [9.17, 15) is 18.4 Å². The first-order valence-electron chi connectivity index (χ1n) is 10.7. The molecule has 0 saturated carbocycles. The summed E-state index contributed by atoms with van der Waals surface area (Å²) in [5.74, 6) is -2.45. The predicted octanol–water partition coefficient (Wildman–Crippen LogP) is 3.83. The van der Waals surface area contributed by atoms with Crippen LogP contribution in [0, 0.1) is 23.0 Å². The number of aromatic nitrogens is 2. The number of likely N-dealkylation sites (tertiary alicyclic amines) is 1. The van der Waals surface area contributed by atoms with Crippen LogP contribution in [0.2, 0.25) is 0 Å². The number of pyridine rings is 2. The van der Waals surface area contributed by atoms with Gasteiger partial charge < -0.3 is 10.1 Å². The van der Waals surface area contributed by atoms with Gasteiger partial charge in [-0.1, -0.05) is 11.2 Å². The Balaban J connectivity index is 1.19. The number of oxime groups is 1. The van der Waals surface area contributed by atoms with Crippen LogP contribution in [0.1, 0.15) is 23.2 Å². The second kappa shape index (κ2) is 8.47. The average Bonchev–Trinajstić information content (AvgIpc) is 3.24. The van der Waals surface area contributed by atoms with Crippen molar-refractivity contribution < 1.29 is 18.4 Å². The highest BCUT2D eigenvalue weighted by Gasteiger charge is 2.47. The van der Waals surface area contributed by atoms with Crippen molar-refractivity contribution in [3.05, 3.63) is 89.3 Å². The first-order chi connectivity index (χ1) is 15.9. The van der Waals surface area contributed by atoms with Crippen molar-refractivity contribution in [3.8, 4) is 0 Å². The van der Waals surface area contributed by atoms with Gasteiger partial charge in [0.25, 0.3) is 0 Å². The van der Waals surface area contributed by atoms with E-state index in [0.717, 1.165) is 62.5 Å². The highest BCUT2D eigenvalue weighted by Crippen LogP contribution is 2.41. The molecule has 2 fully saturated rings. The van der Waals surface area contributed by atoms with Crippen molar-refractivity contribution >= 4 is 11.4 Å². The van der Waals surface area contributed by atoms with Crippen LogP contribution in [0.5, 0.6) is 0 Å². The van der Waals surface area contributed by atoms with Crippen LogP contribution in [-0.2, 0) is 6.54 Å². The standard InChI is InChI=1S/C24H22F3N5O/c25-19-4-2-17(9-20(19)26)23(30-33)21-5-1-16(10-28-21)12-31-13-24(14-31)7-8-32(15-24)18-3-6-22(27)29-11-18/h1-6,9-11,33H,7-8,12-15H2/b30-23+. The fourth-order valence-electron chi connectivity index (χ4n) is 4.80. The number of hydrogen-bond acceptors (Lipinski definition) is 6. The number of hydrogen-bond donors (Lipinski definition) is 1. The van der Waals surface area contributed by atoms with Gasteiger partial charge in [0.05, 0.1) is 17.6 Å². The monoisotopic (exact) mass is 453 g/mol. The van der Waals surface area contributed by atoms with Crippen molar-refractivity contribution in [2.75, 3.05) is 31.1 Å². The predicted molar refractivity (Wildman–Crippen MR) is 117 cm³/mol. The number of benzene rings is 1. The van der Waals surface area contributed by atoms with Crippen LogP contribution in [0.4, 0.5) is 18.9 Å². The Kier molecular flexibility index (Phi) is 5.49. The van der Waals surface area contributed by atoms with Crippen molar-refractivity contribution in [2.24, 2.45) is 10.6 Å². The molecule has 1 N–H and O–H groups in total. The molecule has 1 aromatic carbocycles. The molecule has 3 aromatic rings. The SMILES string of the molecule is O/N=C(\c1ccc(F)c(F)c1)c1ccc(CN2CC3(CCN(c4ccc(F)nc4)C3)C2)cn1. The van der Waals surface area contributed by atoms with Gasteiger partial charge in [-0.05, 0) is 48.4 Å². The topological polar surface area (TPSA) is 64.9 Å². The molecule has 6 nitrogen and oxygen atoms in total. The summed E-state index contributed by atoms with van der Waals surface area (Å²) >= 11 is 0. The van der Waals surface area contributed by atoms with E-state index >= 15 is 0 Å². The van der Waals surface area contributed by atoms with Gasteiger partial charge in [-0.3, -0.25) is 9.88 Å². The third-order valence-corrected chi connectivity index (χ3v) is 6.40. The highest BCUT2D eigenvalue weighted by atomic mass is 19.2. The lowest BCUT2D eigenvalue weighted by atomic mass is 9.79.